The van der Waals surface area contributed by atoms with Gasteiger partial charge in [0.2, 0.25) is 6.41 Å². The van der Waals surface area contributed by atoms with E-state index in [1.54, 1.807) is 20.0 Å². The van der Waals surface area contributed by atoms with Crippen molar-refractivity contribution in [3.63, 3.8) is 0 Å². The lowest BCUT2D eigenvalue weighted by Gasteiger charge is -2.10. The standard InChI is InChI=1S/C15H16F3N3OS2.C4H8/c1-9-12(23-5-4-21(3)8-22)6-13(24-9)14-11(15(16,17)18)7-19-10(2)20-14;1-3-4-2/h6-8H,4-5H2,1-3H3;3-4H,1-2H3/b;4-3-. The van der Waals surface area contributed by atoms with Gasteiger partial charge in [0.25, 0.3) is 0 Å². The largest absolute Gasteiger partial charge is 0.420 e. The summed E-state index contributed by atoms with van der Waals surface area (Å²) >= 11 is 2.79. The van der Waals surface area contributed by atoms with Crippen molar-refractivity contribution in [1.29, 1.82) is 0 Å². The van der Waals surface area contributed by atoms with Crippen LogP contribution in [-0.4, -0.2) is 40.6 Å². The molecule has 2 aromatic rings. The summed E-state index contributed by atoms with van der Waals surface area (Å²) in [6.45, 7) is 8.00. The Morgan fingerprint density at radius 2 is 1.89 bits per heavy atom. The second-order valence-corrected chi connectivity index (χ2v) is 8.20. The van der Waals surface area contributed by atoms with E-state index in [2.05, 4.69) is 9.97 Å². The van der Waals surface area contributed by atoms with Gasteiger partial charge in [-0.2, -0.15) is 13.2 Å². The smallest absolute Gasteiger partial charge is 0.347 e. The average Bonchev–Trinajstić information content (AvgIpc) is 3.01. The molecule has 0 aromatic carbocycles. The van der Waals surface area contributed by atoms with E-state index < -0.39 is 11.7 Å². The van der Waals surface area contributed by atoms with E-state index in [-0.39, 0.29) is 5.69 Å². The van der Waals surface area contributed by atoms with Gasteiger partial charge >= 0.3 is 6.18 Å². The van der Waals surface area contributed by atoms with Crippen LogP contribution in [0.5, 0.6) is 0 Å². The first-order valence-corrected chi connectivity index (χ1v) is 10.3. The topological polar surface area (TPSA) is 46.1 Å². The summed E-state index contributed by atoms with van der Waals surface area (Å²) in [5.41, 5.74) is -0.911. The molecule has 0 fully saturated rings. The van der Waals surface area contributed by atoms with Crippen molar-refractivity contribution >= 4 is 29.5 Å². The molecule has 0 saturated heterocycles. The van der Waals surface area contributed by atoms with E-state index in [0.29, 0.717) is 23.0 Å². The number of aromatic nitrogens is 2. The molecule has 0 N–H and O–H groups in total. The van der Waals surface area contributed by atoms with Gasteiger partial charge in [0.1, 0.15) is 11.4 Å². The van der Waals surface area contributed by atoms with Gasteiger partial charge in [-0.1, -0.05) is 12.2 Å². The first kappa shape index (κ1) is 24.2. The van der Waals surface area contributed by atoms with Crippen molar-refractivity contribution in [3.8, 4) is 10.6 Å². The number of aryl methyl sites for hydroxylation is 2. The molecule has 0 aliphatic heterocycles. The molecule has 9 heteroatoms. The lowest BCUT2D eigenvalue weighted by Crippen LogP contribution is -2.18. The van der Waals surface area contributed by atoms with E-state index in [1.807, 2.05) is 32.9 Å². The Hall–Kier alpha value is -1.87. The Bertz CT molecular complexity index is 800. The first-order valence-electron chi connectivity index (χ1n) is 8.51. The van der Waals surface area contributed by atoms with Gasteiger partial charge in [-0.25, -0.2) is 9.97 Å². The monoisotopic (exact) mass is 431 g/mol. The summed E-state index contributed by atoms with van der Waals surface area (Å²) in [5, 5.41) is 0. The molecule has 0 spiro atoms. The highest BCUT2D eigenvalue weighted by atomic mass is 32.2. The zero-order valence-electron chi connectivity index (χ0n) is 16.5. The van der Waals surface area contributed by atoms with Crippen LogP contribution in [0.25, 0.3) is 10.6 Å². The normalized spacial score (nSPS) is 11.3. The van der Waals surface area contributed by atoms with E-state index in [0.717, 1.165) is 22.4 Å². The molecule has 28 heavy (non-hydrogen) atoms. The quantitative estimate of drug-likeness (QED) is 0.339. The molecule has 2 heterocycles. The zero-order valence-corrected chi connectivity index (χ0v) is 18.1. The van der Waals surface area contributed by atoms with Crippen molar-refractivity contribution in [3.05, 3.63) is 40.7 Å². The molecular weight excluding hydrogens is 407 g/mol. The van der Waals surface area contributed by atoms with Crippen LogP contribution in [0.2, 0.25) is 0 Å². The summed E-state index contributed by atoms with van der Waals surface area (Å²) < 4.78 is 39.6. The molecule has 2 rings (SSSR count). The Morgan fingerprint density at radius 3 is 2.43 bits per heavy atom. The minimum absolute atomic E-state index is 0.0834. The third kappa shape index (κ3) is 7.27. The third-order valence-electron chi connectivity index (χ3n) is 3.54. The number of thiophene rings is 1. The van der Waals surface area contributed by atoms with Crippen LogP contribution in [-0.2, 0) is 11.0 Å². The molecule has 0 radical (unpaired) electrons. The van der Waals surface area contributed by atoms with Crippen molar-refractivity contribution in [2.75, 3.05) is 19.3 Å². The van der Waals surface area contributed by atoms with Gasteiger partial charge in [-0.15, -0.1) is 23.1 Å². The lowest BCUT2D eigenvalue weighted by molar-refractivity contribution is -0.137. The molecule has 154 valence electrons. The van der Waals surface area contributed by atoms with E-state index in [1.165, 1.54) is 28.0 Å². The van der Waals surface area contributed by atoms with Crippen molar-refractivity contribution in [2.45, 2.75) is 38.8 Å². The summed E-state index contributed by atoms with van der Waals surface area (Å²) in [6, 6.07) is 1.72. The number of carbonyl (C=O) groups excluding carboxylic acids is 1. The fraction of sp³-hybridized carbons (Fsp3) is 0.421. The summed E-state index contributed by atoms with van der Waals surface area (Å²) in [5.74, 6) is 0.965. The molecule has 0 aliphatic rings. The van der Waals surface area contributed by atoms with Crippen LogP contribution in [0, 0.1) is 13.8 Å². The van der Waals surface area contributed by atoms with Crippen LogP contribution in [0.1, 0.15) is 30.1 Å². The highest BCUT2D eigenvalue weighted by Gasteiger charge is 2.35. The van der Waals surface area contributed by atoms with Crippen molar-refractivity contribution < 1.29 is 18.0 Å². The Labute approximate surface area is 171 Å². The number of hydrogen-bond donors (Lipinski definition) is 0. The Morgan fingerprint density at radius 1 is 1.25 bits per heavy atom. The number of carbonyl (C=O) groups is 1. The summed E-state index contributed by atoms with van der Waals surface area (Å²) in [4.78, 5) is 22.0. The van der Waals surface area contributed by atoms with E-state index in [9.17, 15) is 18.0 Å². The van der Waals surface area contributed by atoms with Gasteiger partial charge in [-0.05, 0) is 33.8 Å². The fourth-order valence-electron chi connectivity index (χ4n) is 1.94. The van der Waals surface area contributed by atoms with Gasteiger partial charge in [-0.3, -0.25) is 4.79 Å². The number of alkyl halides is 3. The molecule has 0 atom stereocenters. The minimum Gasteiger partial charge on any atom is -0.347 e. The first-order chi connectivity index (χ1) is 13.1. The van der Waals surface area contributed by atoms with Crippen molar-refractivity contribution in [2.24, 2.45) is 0 Å². The Kier molecular flexibility index (Phi) is 9.68. The second-order valence-electron chi connectivity index (χ2n) is 5.81. The molecule has 2 aromatic heterocycles. The number of amides is 1. The van der Waals surface area contributed by atoms with Crippen LogP contribution in [0.3, 0.4) is 0 Å². The third-order valence-corrected chi connectivity index (χ3v) is 5.84. The van der Waals surface area contributed by atoms with Gasteiger partial charge < -0.3 is 4.90 Å². The minimum atomic E-state index is -4.50. The van der Waals surface area contributed by atoms with E-state index >= 15 is 0 Å². The predicted octanol–water partition coefficient (Wildman–Crippen LogP) is 5.60. The van der Waals surface area contributed by atoms with Gasteiger partial charge in [0.15, 0.2) is 0 Å². The van der Waals surface area contributed by atoms with Crippen LogP contribution < -0.4 is 0 Å². The second kappa shape index (κ2) is 11.2. The maximum Gasteiger partial charge on any atom is 0.420 e. The highest BCUT2D eigenvalue weighted by molar-refractivity contribution is 7.99. The molecular formula is C19H24F3N3OS2. The average molecular weight is 432 g/mol. The number of thioether (sulfide) groups is 1. The molecule has 1 amide bonds. The van der Waals surface area contributed by atoms with Crippen LogP contribution in [0.4, 0.5) is 13.2 Å². The van der Waals surface area contributed by atoms with Crippen LogP contribution >= 0.6 is 23.1 Å². The fourth-order valence-corrected chi connectivity index (χ4v) is 4.24. The van der Waals surface area contributed by atoms with Gasteiger partial charge in [0, 0.05) is 35.3 Å². The molecule has 0 bridgehead atoms. The molecule has 0 aliphatic carbocycles. The summed E-state index contributed by atoms with van der Waals surface area (Å²) in [7, 11) is 1.68. The Balaban J connectivity index is 0.000000892. The molecule has 4 nitrogen and oxygen atoms in total. The lowest BCUT2D eigenvalue weighted by atomic mass is 10.2. The maximum atomic E-state index is 13.2. The number of allylic oxidation sites excluding steroid dienone is 2. The van der Waals surface area contributed by atoms with E-state index in [4.69, 9.17) is 0 Å². The van der Waals surface area contributed by atoms with Gasteiger partial charge in [0.05, 0.1) is 10.6 Å². The zero-order chi connectivity index (χ0) is 21.3. The SMILES string of the molecule is C/C=C\C.Cc1ncc(C(F)(F)F)c(-c2cc(SCCN(C)C=O)c(C)s2)n1. The van der Waals surface area contributed by atoms with Crippen molar-refractivity contribution in [1.82, 2.24) is 14.9 Å². The number of hydrogen-bond acceptors (Lipinski definition) is 5. The number of halogens is 3. The number of rotatable bonds is 6. The maximum absolute atomic E-state index is 13.2. The number of nitrogens with zero attached hydrogens (tertiary/aromatic N) is 3. The molecule has 0 unspecified atom stereocenters. The summed E-state index contributed by atoms with van der Waals surface area (Å²) in [6.07, 6.45) is 1.07. The highest BCUT2D eigenvalue weighted by Crippen LogP contribution is 2.41. The predicted molar refractivity (Wildman–Crippen MR) is 110 cm³/mol. The molecule has 0 saturated carbocycles. The van der Waals surface area contributed by atoms with Crippen LogP contribution in [0.15, 0.2) is 29.3 Å².